The van der Waals surface area contributed by atoms with Gasteiger partial charge in [-0.25, -0.2) is 8.42 Å². The van der Waals surface area contributed by atoms with Gasteiger partial charge < -0.3 is 4.90 Å². The largest absolute Gasteiger partial charge is 0.341 e. The van der Waals surface area contributed by atoms with Crippen molar-refractivity contribution in [2.45, 2.75) is 44.4 Å². The van der Waals surface area contributed by atoms with E-state index in [1.54, 1.807) is 36.2 Å². The summed E-state index contributed by atoms with van der Waals surface area (Å²) in [6.07, 6.45) is 4.77. The molecule has 1 aliphatic carbocycles. The highest BCUT2D eigenvalue weighted by atomic mass is 32.2. The first-order chi connectivity index (χ1) is 13.3. The highest BCUT2D eigenvalue weighted by Crippen LogP contribution is 2.26. The smallest absolute Gasteiger partial charge is 0.261 e. The van der Waals surface area contributed by atoms with Gasteiger partial charge in [-0.1, -0.05) is 37.1 Å². The SMILES string of the molecule is Cc1ccccc1NS(=O)(=O)c1ccc(C)c(C(=O)N(C)CC2CCCC2)c1. The number of rotatable bonds is 6. The maximum atomic E-state index is 13.0. The van der Waals surface area contributed by atoms with Crippen LogP contribution in [0.4, 0.5) is 5.69 Å². The Hall–Kier alpha value is -2.34. The molecule has 3 rings (SSSR count). The molecule has 0 spiro atoms. The number of aryl methyl sites for hydroxylation is 2. The molecular formula is C22H28N2O3S. The summed E-state index contributed by atoms with van der Waals surface area (Å²) in [5.41, 5.74) is 2.59. The molecule has 1 N–H and O–H groups in total. The first-order valence-corrected chi connectivity index (χ1v) is 11.2. The molecule has 0 radical (unpaired) electrons. The minimum atomic E-state index is -3.78. The zero-order valence-corrected chi connectivity index (χ0v) is 17.6. The van der Waals surface area contributed by atoms with Crippen molar-refractivity contribution < 1.29 is 13.2 Å². The Bertz CT molecular complexity index is 963. The number of hydrogen-bond donors (Lipinski definition) is 1. The van der Waals surface area contributed by atoms with Crippen LogP contribution in [0.2, 0.25) is 0 Å². The Kier molecular flexibility index (Phi) is 6.08. The summed E-state index contributed by atoms with van der Waals surface area (Å²) in [6, 6.07) is 11.9. The number of benzene rings is 2. The van der Waals surface area contributed by atoms with Gasteiger partial charge in [-0.3, -0.25) is 9.52 Å². The Morgan fingerprint density at radius 1 is 1.07 bits per heavy atom. The van der Waals surface area contributed by atoms with Gasteiger partial charge in [0.05, 0.1) is 10.6 Å². The molecule has 1 aliphatic rings. The lowest BCUT2D eigenvalue weighted by Crippen LogP contribution is -2.31. The molecule has 6 heteroatoms. The molecule has 0 aliphatic heterocycles. The molecule has 5 nitrogen and oxygen atoms in total. The Labute approximate surface area is 167 Å². The second-order valence-electron chi connectivity index (χ2n) is 7.73. The molecule has 0 aromatic heterocycles. The molecule has 1 fully saturated rings. The summed E-state index contributed by atoms with van der Waals surface area (Å²) in [5, 5.41) is 0. The van der Waals surface area contributed by atoms with Crippen LogP contribution in [0.5, 0.6) is 0 Å². The lowest BCUT2D eigenvalue weighted by atomic mass is 10.1. The van der Waals surface area contributed by atoms with Crippen LogP contribution in [-0.4, -0.2) is 32.8 Å². The number of anilines is 1. The summed E-state index contributed by atoms with van der Waals surface area (Å²) in [4.78, 5) is 14.8. The van der Waals surface area contributed by atoms with Crippen molar-refractivity contribution >= 4 is 21.6 Å². The zero-order valence-electron chi connectivity index (χ0n) is 16.7. The summed E-state index contributed by atoms with van der Waals surface area (Å²) in [5.74, 6) is 0.418. The van der Waals surface area contributed by atoms with E-state index in [0.29, 0.717) is 17.2 Å². The average Bonchev–Trinajstić information content (AvgIpc) is 3.16. The van der Waals surface area contributed by atoms with Crippen LogP contribution in [0.25, 0.3) is 0 Å². The first kappa shape index (κ1) is 20.4. The number of hydrogen-bond acceptors (Lipinski definition) is 3. The van der Waals surface area contributed by atoms with Gasteiger partial charge >= 0.3 is 0 Å². The van der Waals surface area contributed by atoms with Crippen molar-refractivity contribution in [3.8, 4) is 0 Å². The quantitative estimate of drug-likeness (QED) is 0.783. The fourth-order valence-electron chi connectivity index (χ4n) is 3.76. The number of nitrogens with zero attached hydrogens (tertiary/aromatic N) is 1. The molecule has 0 unspecified atom stereocenters. The first-order valence-electron chi connectivity index (χ1n) is 9.72. The standard InChI is InChI=1S/C22H28N2O3S/c1-16-12-13-19(28(26,27)23-21-11-7-4-8-17(21)2)14-20(16)22(25)24(3)15-18-9-5-6-10-18/h4,7-8,11-14,18,23H,5-6,9-10,15H2,1-3H3. The van der Waals surface area contributed by atoms with E-state index in [9.17, 15) is 13.2 Å². The summed E-state index contributed by atoms with van der Waals surface area (Å²) in [7, 11) is -1.98. The van der Waals surface area contributed by atoms with E-state index in [0.717, 1.165) is 30.5 Å². The van der Waals surface area contributed by atoms with Crippen molar-refractivity contribution in [3.63, 3.8) is 0 Å². The lowest BCUT2D eigenvalue weighted by molar-refractivity contribution is 0.0772. The van der Waals surface area contributed by atoms with Gasteiger partial charge in [-0.05, 0) is 61.9 Å². The van der Waals surface area contributed by atoms with E-state index in [1.165, 1.54) is 18.9 Å². The number of amides is 1. The van der Waals surface area contributed by atoms with Gasteiger partial charge in [0.25, 0.3) is 15.9 Å². The molecule has 1 amide bonds. The molecular weight excluding hydrogens is 372 g/mol. The maximum absolute atomic E-state index is 13.0. The number of para-hydroxylation sites is 1. The summed E-state index contributed by atoms with van der Waals surface area (Å²) >= 11 is 0. The summed E-state index contributed by atoms with van der Waals surface area (Å²) in [6.45, 7) is 4.40. The third-order valence-electron chi connectivity index (χ3n) is 5.49. The molecule has 2 aromatic carbocycles. The highest BCUT2D eigenvalue weighted by molar-refractivity contribution is 7.92. The zero-order chi connectivity index (χ0) is 20.3. The van der Waals surface area contributed by atoms with E-state index < -0.39 is 10.0 Å². The van der Waals surface area contributed by atoms with Crippen LogP contribution in [0.3, 0.4) is 0 Å². The van der Waals surface area contributed by atoms with Gasteiger partial charge in [0.2, 0.25) is 0 Å². The van der Waals surface area contributed by atoms with E-state index in [-0.39, 0.29) is 10.8 Å². The van der Waals surface area contributed by atoms with E-state index in [2.05, 4.69) is 4.72 Å². The Balaban J connectivity index is 1.83. The van der Waals surface area contributed by atoms with Crippen LogP contribution < -0.4 is 4.72 Å². The van der Waals surface area contributed by atoms with Gasteiger partial charge in [-0.15, -0.1) is 0 Å². The molecule has 0 saturated heterocycles. The number of nitrogens with one attached hydrogen (secondary N) is 1. The van der Waals surface area contributed by atoms with Crippen LogP contribution in [0, 0.1) is 19.8 Å². The normalized spacial score (nSPS) is 14.8. The van der Waals surface area contributed by atoms with Crippen molar-refractivity contribution in [2.75, 3.05) is 18.3 Å². The van der Waals surface area contributed by atoms with Crippen LogP contribution in [0.1, 0.15) is 47.2 Å². The third kappa shape index (κ3) is 4.55. The molecule has 28 heavy (non-hydrogen) atoms. The van der Waals surface area contributed by atoms with Crippen LogP contribution in [-0.2, 0) is 10.0 Å². The van der Waals surface area contributed by atoms with Gasteiger partial charge in [0, 0.05) is 19.2 Å². The predicted molar refractivity (Wildman–Crippen MR) is 112 cm³/mol. The Morgan fingerprint density at radius 2 is 1.75 bits per heavy atom. The average molecular weight is 401 g/mol. The predicted octanol–water partition coefficient (Wildman–Crippen LogP) is 4.37. The number of sulfonamides is 1. The van der Waals surface area contributed by atoms with Gasteiger partial charge in [-0.2, -0.15) is 0 Å². The monoisotopic (exact) mass is 400 g/mol. The van der Waals surface area contributed by atoms with Gasteiger partial charge in [0.15, 0.2) is 0 Å². The van der Waals surface area contributed by atoms with Crippen molar-refractivity contribution in [1.82, 2.24) is 4.90 Å². The minimum absolute atomic E-state index is 0.0963. The molecule has 2 aromatic rings. The van der Waals surface area contributed by atoms with E-state index >= 15 is 0 Å². The fourth-order valence-corrected chi connectivity index (χ4v) is 4.92. The summed E-state index contributed by atoms with van der Waals surface area (Å²) < 4.78 is 28.3. The lowest BCUT2D eigenvalue weighted by Gasteiger charge is -2.22. The van der Waals surface area contributed by atoms with Crippen molar-refractivity contribution in [3.05, 3.63) is 59.2 Å². The fraction of sp³-hybridized carbons (Fsp3) is 0.409. The number of carbonyl (C=O) groups excluding carboxylic acids is 1. The van der Waals surface area contributed by atoms with Crippen molar-refractivity contribution in [2.24, 2.45) is 5.92 Å². The van der Waals surface area contributed by atoms with Crippen LogP contribution >= 0.6 is 0 Å². The van der Waals surface area contributed by atoms with Crippen molar-refractivity contribution in [1.29, 1.82) is 0 Å². The maximum Gasteiger partial charge on any atom is 0.261 e. The Morgan fingerprint density at radius 3 is 2.43 bits per heavy atom. The van der Waals surface area contributed by atoms with Crippen LogP contribution in [0.15, 0.2) is 47.4 Å². The molecule has 150 valence electrons. The third-order valence-corrected chi connectivity index (χ3v) is 6.86. The number of carbonyl (C=O) groups is 1. The van der Waals surface area contributed by atoms with Gasteiger partial charge in [0.1, 0.15) is 0 Å². The minimum Gasteiger partial charge on any atom is -0.341 e. The van der Waals surface area contributed by atoms with E-state index in [4.69, 9.17) is 0 Å². The molecule has 1 saturated carbocycles. The second-order valence-corrected chi connectivity index (χ2v) is 9.42. The van der Waals surface area contributed by atoms with E-state index in [1.807, 2.05) is 26.0 Å². The molecule has 0 atom stereocenters. The topological polar surface area (TPSA) is 66.5 Å². The highest BCUT2D eigenvalue weighted by Gasteiger charge is 2.23. The second kappa shape index (κ2) is 8.35. The molecule has 0 bridgehead atoms. The molecule has 0 heterocycles.